The Morgan fingerprint density at radius 3 is 2.84 bits per heavy atom. The molecule has 0 aromatic rings. The van der Waals surface area contributed by atoms with Crippen molar-refractivity contribution in [2.24, 2.45) is 0 Å². The van der Waals surface area contributed by atoms with Crippen molar-refractivity contribution in [1.29, 1.82) is 0 Å². The molecule has 3 unspecified atom stereocenters. The van der Waals surface area contributed by atoms with Crippen molar-refractivity contribution in [3.63, 3.8) is 0 Å². The predicted molar refractivity (Wildman–Crippen MR) is 73.0 cm³/mol. The van der Waals surface area contributed by atoms with E-state index in [9.17, 15) is 0 Å². The van der Waals surface area contributed by atoms with Gasteiger partial charge in [-0.15, -0.1) is 0 Å². The van der Waals surface area contributed by atoms with Gasteiger partial charge < -0.3 is 14.8 Å². The summed E-state index contributed by atoms with van der Waals surface area (Å²) in [5.41, 5.74) is 0. The van der Waals surface area contributed by atoms with Gasteiger partial charge in [0.05, 0.1) is 12.7 Å². The highest BCUT2D eigenvalue weighted by molar-refractivity contribution is 4.91. The van der Waals surface area contributed by atoms with E-state index in [1.807, 2.05) is 0 Å². The standard InChI is InChI=1S/C15H26N2O2/c1-2-7-15(6-1)18-11-14(19-15)10-17-8-5-12-3-4-13(9-17)16-12/h12-14,16H,1-11H2. The molecule has 1 saturated carbocycles. The average Bonchev–Trinajstić information content (AvgIpc) is 3.07. The summed E-state index contributed by atoms with van der Waals surface area (Å²) in [6.45, 7) is 4.29. The molecule has 108 valence electrons. The first-order valence-electron chi connectivity index (χ1n) is 8.12. The molecule has 4 nitrogen and oxygen atoms in total. The molecule has 0 radical (unpaired) electrons. The molecule has 4 heteroatoms. The first-order chi connectivity index (χ1) is 9.31. The van der Waals surface area contributed by atoms with E-state index in [4.69, 9.17) is 9.47 Å². The SMILES string of the molecule is C1CCC2(C1)OCC(CN1CCC3CCC(C1)N3)O2. The summed E-state index contributed by atoms with van der Waals surface area (Å²) in [4.78, 5) is 2.60. The van der Waals surface area contributed by atoms with E-state index in [-0.39, 0.29) is 5.79 Å². The van der Waals surface area contributed by atoms with Crippen LogP contribution in [0.1, 0.15) is 44.9 Å². The van der Waals surface area contributed by atoms with E-state index < -0.39 is 0 Å². The molecule has 1 aliphatic carbocycles. The molecule has 3 aliphatic heterocycles. The second-order valence-electron chi connectivity index (χ2n) is 6.85. The molecular weight excluding hydrogens is 240 g/mol. The van der Waals surface area contributed by atoms with Crippen LogP contribution in [-0.2, 0) is 9.47 Å². The number of hydrogen-bond donors (Lipinski definition) is 1. The Morgan fingerprint density at radius 2 is 1.95 bits per heavy atom. The molecule has 4 fully saturated rings. The lowest BCUT2D eigenvalue weighted by atomic mass is 10.1. The Kier molecular flexibility index (Phi) is 3.30. The minimum Gasteiger partial charge on any atom is -0.347 e. The molecule has 3 atom stereocenters. The van der Waals surface area contributed by atoms with Crippen LogP contribution in [0.25, 0.3) is 0 Å². The van der Waals surface area contributed by atoms with E-state index in [1.165, 1.54) is 45.2 Å². The predicted octanol–water partition coefficient (Wildman–Crippen LogP) is 1.50. The molecule has 4 rings (SSSR count). The van der Waals surface area contributed by atoms with Crippen molar-refractivity contribution in [2.75, 3.05) is 26.2 Å². The second kappa shape index (κ2) is 4.99. The van der Waals surface area contributed by atoms with Crippen LogP contribution in [0.4, 0.5) is 0 Å². The van der Waals surface area contributed by atoms with E-state index in [1.54, 1.807) is 0 Å². The number of likely N-dealkylation sites (tertiary alicyclic amines) is 1. The molecule has 0 amide bonds. The molecule has 1 spiro atoms. The Hall–Kier alpha value is -0.160. The number of fused-ring (bicyclic) bond motifs is 2. The zero-order valence-corrected chi connectivity index (χ0v) is 11.8. The third-order valence-electron chi connectivity index (χ3n) is 5.35. The van der Waals surface area contributed by atoms with Crippen molar-refractivity contribution < 1.29 is 9.47 Å². The highest BCUT2D eigenvalue weighted by atomic mass is 16.7. The van der Waals surface area contributed by atoms with E-state index in [0.29, 0.717) is 6.10 Å². The lowest BCUT2D eigenvalue weighted by molar-refractivity contribution is -0.163. The van der Waals surface area contributed by atoms with Gasteiger partial charge in [0.15, 0.2) is 5.79 Å². The number of hydrogen-bond acceptors (Lipinski definition) is 4. The fraction of sp³-hybridized carbons (Fsp3) is 1.00. The van der Waals surface area contributed by atoms with Crippen LogP contribution in [0.3, 0.4) is 0 Å². The minimum atomic E-state index is -0.187. The number of nitrogens with one attached hydrogen (secondary N) is 1. The highest BCUT2D eigenvalue weighted by Crippen LogP contribution is 2.39. The molecule has 3 heterocycles. The summed E-state index contributed by atoms with van der Waals surface area (Å²) in [7, 11) is 0. The Labute approximate surface area is 115 Å². The van der Waals surface area contributed by atoms with Crippen LogP contribution in [0.5, 0.6) is 0 Å². The maximum absolute atomic E-state index is 6.25. The van der Waals surface area contributed by atoms with E-state index in [0.717, 1.165) is 38.1 Å². The topological polar surface area (TPSA) is 33.7 Å². The summed E-state index contributed by atoms with van der Waals surface area (Å²) in [5.74, 6) is -0.187. The maximum atomic E-state index is 6.25. The molecule has 4 aliphatic rings. The lowest BCUT2D eigenvalue weighted by Crippen LogP contribution is -2.40. The number of rotatable bonds is 2. The van der Waals surface area contributed by atoms with Crippen molar-refractivity contribution in [3.05, 3.63) is 0 Å². The van der Waals surface area contributed by atoms with Gasteiger partial charge in [-0.25, -0.2) is 0 Å². The summed E-state index contributed by atoms with van der Waals surface area (Å²) < 4.78 is 12.2. The van der Waals surface area contributed by atoms with Gasteiger partial charge in [0.2, 0.25) is 0 Å². The molecule has 0 aromatic heterocycles. The zero-order valence-electron chi connectivity index (χ0n) is 11.8. The second-order valence-corrected chi connectivity index (χ2v) is 6.85. The van der Waals surface area contributed by atoms with Gasteiger partial charge >= 0.3 is 0 Å². The molecule has 1 N–H and O–H groups in total. The fourth-order valence-corrected chi connectivity index (χ4v) is 4.35. The highest BCUT2D eigenvalue weighted by Gasteiger charge is 2.44. The van der Waals surface area contributed by atoms with Crippen molar-refractivity contribution >= 4 is 0 Å². The van der Waals surface area contributed by atoms with Gasteiger partial charge in [0.1, 0.15) is 0 Å². The van der Waals surface area contributed by atoms with Crippen LogP contribution >= 0.6 is 0 Å². The van der Waals surface area contributed by atoms with Gasteiger partial charge in [0.25, 0.3) is 0 Å². The Bertz CT molecular complexity index is 330. The van der Waals surface area contributed by atoms with Gasteiger partial charge in [-0.1, -0.05) is 0 Å². The first kappa shape index (κ1) is 12.6. The number of nitrogens with zero attached hydrogens (tertiary/aromatic N) is 1. The van der Waals surface area contributed by atoms with Gasteiger partial charge in [0, 0.05) is 38.0 Å². The molecule has 0 aromatic carbocycles. The summed E-state index contributed by atoms with van der Waals surface area (Å²) >= 11 is 0. The largest absolute Gasteiger partial charge is 0.347 e. The van der Waals surface area contributed by atoms with Crippen molar-refractivity contribution in [1.82, 2.24) is 10.2 Å². The van der Waals surface area contributed by atoms with Gasteiger partial charge in [-0.05, 0) is 38.6 Å². The zero-order chi connectivity index (χ0) is 12.7. The van der Waals surface area contributed by atoms with E-state index >= 15 is 0 Å². The van der Waals surface area contributed by atoms with Crippen molar-refractivity contribution in [3.8, 4) is 0 Å². The molecule has 2 bridgehead atoms. The maximum Gasteiger partial charge on any atom is 0.168 e. The average molecular weight is 266 g/mol. The van der Waals surface area contributed by atoms with Crippen LogP contribution in [0.15, 0.2) is 0 Å². The quantitative estimate of drug-likeness (QED) is 0.821. The van der Waals surface area contributed by atoms with Crippen LogP contribution in [0.2, 0.25) is 0 Å². The fourth-order valence-electron chi connectivity index (χ4n) is 4.35. The normalized spacial score (nSPS) is 42.0. The van der Waals surface area contributed by atoms with Crippen LogP contribution in [-0.4, -0.2) is 55.1 Å². The van der Waals surface area contributed by atoms with Crippen molar-refractivity contribution in [2.45, 2.75) is 68.9 Å². The smallest absolute Gasteiger partial charge is 0.168 e. The van der Waals surface area contributed by atoms with Gasteiger partial charge in [-0.2, -0.15) is 0 Å². The Morgan fingerprint density at radius 1 is 1.11 bits per heavy atom. The summed E-state index contributed by atoms with van der Waals surface area (Å²) in [6, 6.07) is 1.49. The molecule has 19 heavy (non-hydrogen) atoms. The summed E-state index contributed by atoms with van der Waals surface area (Å²) in [5, 5.41) is 3.74. The minimum absolute atomic E-state index is 0.187. The Balaban J connectivity index is 1.32. The summed E-state index contributed by atoms with van der Waals surface area (Å²) in [6.07, 6.45) is 9.09. The lowest BCUT2D eigenvalue weighted by Gasteiger charge is -2.27. The van der Waals surface area contributed by atoms with Crippen LogP contribution < -0.4 is 5.32 Å². The van der Waals surface area contributed by atoms with Gasteiger partial charge in [-0.3, -0.25) is 4.90 Å². The monoisotopic (exact) mass is 266 g/mol. The van der Waals surface area contributed by atoms with Crippen LogP contribution in [0, 0.1) is 0 Å². The third kappa shape index (κ3) is 2.56. The third-order valence-corrected chi connectivity index (χ3v) is 5.35. The molecule has 3 saturated heterocycles. The molecular formula is C15H26N2O2. The van der Waals surface area contributed by atoms with E-state index in [2.05, 4.69) is 10.2 Å². The first-order valence-corrected chi connectivity index (χ1v) is 8.12. The number of ether oxygens (including phenoxy) is 2.